The molecule has 1 atom stereocenters. The molecule has 6 heteroatoms. The normalized spacial score (nSPS) is 22.8. The molecule has 0 saturated carbocycles. The maximum atomic E-state index is 13.2. The Hall–Kier alpha value is -2.76. The van der Waals surface area contributed by atoms with Crippen molar-refractivity contribution in [2.45, 2.75) is 46.5 Å². The molecular weight excluding hydrogens is 370 g/mol. The van der Waals surface area contributed by atoms with Gasteiger partial charge in [-0.15, -0.1) is 0 Å². The zero-order chi connectivity index (χ0) is 20.8. The number of Topliss-reactive ketones (excluding diaryl/α,β-unsaturated/α-hetero) is 1. The summed E-state index contributed by atoms with van der Waals surface area (Å²) in [4.78, 5) is 26.1. The van der Waals surface area contributed by atoms with Crippen molar-refractivity contribution in [3.05, 3.63) is 46.3 Å². The molecule has 1 N–H and O–H groups in total. The van der Waals surface area contributed by atoms with Crippen molar-refractivity contribution in [3.63, 3.8) is 0 Å². The molecule has 0 saturated heterocycles. The second kappa shape index (κ2) is 7.25. The SMILES string of the molecule is CCOC(=O)C1=C(C)NC2=C(C(=O)CC(C)(C)C2)C1c1ccc2c(c1)OCCO2. The monoisotopic (exact) mass is 397 g/mol. The molecule has 6 nitrogen and oxygen atoms in total. The van der Waals surface area contributed by atoms with Crippen LogP contribution < -0.4 is 14.8 Å². The number of hydrogen-bond acceptors (Lipinski definition) is 6. The molecule has 4 rings (SSSR count). The van der Waals surface area contributed by atoms with E-state index in [-0.39, 0.29) is 17.8 Å². The summed E-state index contributed by atoms with van der Waals surface area (Å²) in [5.41, 5.74) is 3.48. The molecule has 0 aromatic heterocycles. The number of carbonyl (C=O) groups is 2. The average molecular weight is 397 g/mol. The van der Waals surface area contributed by atoms with Gasteiger partial charge in [0.15, 0.2) is 17.3 Å². The second-order valence-electron chi connectivity index (χ2n) is 8.55. The van der Waals surface area contributed by atoms with Gasteiger partial charge >= 0.3 is 5.97 Å². The largest absolute Gasteiger partial charge is 0.486 e. The summed E-state index contributed by atoms with van der Waals surface area (Å²) in [6.45, 7) is 9.09. The maximum absolute atomic E-state index is 13.2. The number of hydrogen-bond donors (Lipinski definition) is 1. The minimum Gasteiger partial charge on any atom is -0.486 e. The molecule has 154 valence electrons. The highest BCUT2D eigenvalue weighted by Crippen LogP contribution is 2.48. The lowest BCUT2D eigenvalue weighted by Gasteiger charge is -2.39. The van der Waals surface area contributed by atoms with Gasteiger partial charge in [-0.05, 0) is 43.4 Å². The number of rotatable bonds is 3. The van der Waals surface area contributed by atoms with Gasteiger partial charge in [0.05, 0.1) is 12.2 Å². The Balaban J connectivity index is 1.86. The van der Waals surface area contributed by atoms with Gasteiger partial charge in [0.2, 0.25) is 0 Å². The van der Waals surface area contributed by atoms with Crippen molar-refractivity contribution in [1.82, 2.24) is 5.32 Å². The van der Waals surface area contributed by atoms with E-state index in [1.807, 2.05) is 25.1 Å². The molecule has 3 aliphatic rings. The molecule has 1 unspecified atom stereocenters. The van der Waals surface area contributed by atoms with Crippen LogP contribution >= 0.6 is 0 Å². The smallest absolute Gasteiger partial charge is 0.336 e. The van der Waals surface area contributed by atoms with Crippen LogP contribution in [0.15, 0.2) is 40.7 Å². The first kappa shape index (κ1) is 19.6. The Morgan fingerprint density at radius 1 is 1.21 bits per heavy atom. The fourth-order valence-corrected chi connectivity index (χ4v) is 4.49. The third-order valence-corrected chi connectivity index (χ3v) is 5.63. The number of carbonyl (C=O) groups excluding carboxylic acids is 2. The number of benzene rings is 1. The maximum Gasteiger partial charge on any atom is 0.336 e. The molecule has 0 spiro atoms. The lowest BCUT2D eigenvalue weighted by atomic mass is 9.68. The van der Waals surface area contributed by atoms with E-state index in [1.165, 1.54) is 0 Å². The molecule has 29 heavy (non-hydrogen) atoms. The van der Waals surface area contributed by atoms with Crippen molar-refractivity contribution in [2.24, 2.45) is 5.41 Å². The van der Waals surface area contributed by atoms with E-state index in [0.717, 1.165) is 23.4 Å². The molecule has 0 radical (unpaired) electrons. The van der Waals surface area contributed by atoms with Gasteiger partial charge in [0.1, 0.15) is 13.2 Å². The molecular formula is C23H27NO5. The first-order chi connectivity index (χ1) is 13.8. The van der Waals surface area contributed by atoms with Crippen LogP contribution in [-0.4, -0.2) is 31.6 Å². The first-order valence-electron chi connectivity index (χ1n) is 10.1. The van der Waals surface area contributed by atoms with E-state index >= 15 is 0 Å². The second-order valence-corrected chi connectivity index (χ2v) is 8.55. The zero-order valence-corrected chi connectivity index (χ0v) is 17.4. The van der Waals surface area contributed by atoms with Crippen LogP contribution in [-0.2, 0) is 14.3 Å². The van der Waals surface area contributed by atoms with Gasteiger partial charge in [-0.2, -0.15) is 0 Å². The highest BCUT2D eigenvalue weighted by molar-refractivity contribution is 6.04. The van der Waals surface area contributed by atoms with Crippen LogP contribution in [0.1, 0.15) is 52.0 Å². The predicted molar refractivity (Wildman–Crippen MR) is 108 cm³/mol. The highest BCUT2D eigenvalue weighted by Gasteiger charge is 2.43. The van der Waals surface area contributed by atoms with E-state index in [0.29, 0.717) is 42.3 Å². The van der Waals surface area contributed by atoms with Crippen molar-refractivity contribution in [1.29, 1.82) is 0 Å². The van der Waals surface area contributed by atoms with Crippen molar-refractivity contribution in [2.75, 3.05) is 19.8 Å². The number of fused-ring (bicyclic) bond motifs is 1. The summed E-state index contributed by atoms with van der Waals surface area (Å²) in [6, 6.07) is 5.64. The summed E-state index contributed by atoms with van der Waals surface area (Å²) in [5.74, 6) is 0.501. The van der Waals surface area contributed by atoms with Crippen molar-refractivity contribution in [3.8, 4) is 11.5 Å². The molecule has 0 amide bonds. The number of nitrogens with one attached hydrogen (secondary N) is 1. The van der Waals surface area contributed by atoms with Crippen LogP contribution in [0.5, 0.6) is 11.5 Å². The van der Waals surface area contributed by atoms with E-state index in [2.05, 4.69) is 19.2 Å². The molecule has 0 fully saturated rings. The Bertz CT molecular complexity index is 941. The number of esters is 1. The molecule has 1 aliphatic carbocycles. The van der Waals surface area contributed by atoms with Crippen LogP contribution in [0.2, 0.25) is 0 Å². The number of ketones is 1. The average Bonchev–Trinajstić information content (AvgIpc) is 2.65. The molecule has 0 bridgehead atoms. The summed E-state index contributed by atoms with van der Waals surface area (Å²) in [5, 5.41) is 3.34. The Morgan fingerprint density at radius 3 is 2.66 bits per heavy atom. The minimum absolute atomic E-state index is 0.0675. The predicted octanol–water partition coefficient (Wildman–Crippen LogP) is 3.62. The zero-order valence-electron chi connectivity index (χ0n) is 17.4. The third kappa shape index (κ3) is 3.52. The van der Waals surface area contributed by atoms with Crippen molar-refractivity contribution >= 4 is 11.8 Å². The third-order valence-electron chi connectivity index (χ3n) is 5.63. The fraction of sp³-hybridized carbons (Fsp3) is 0.478. The van der Waals surface area contributed by atoms with E-state index in [9.17, 15) is 9.59 Å². The molecule has 2 aliphatic heterocycles. The number of ether oxygens (including phenoxy) is 3. The van der Waals surface area contributed by atoms with E-state index < -0.39 is 11.9 Å². The van der Waals surface area contributed by atoms with Gasteiger partial charge in [-0.3, -0.25) is 4.79 Å². The van der Waals surface area contributed by atoms with Crippen LogP contribution in [0.4, 0.5) is 0 Å². The van der Waals surface area contributed by atoms with Gasteiger partial charge in [0, 0.05) is 29.3 Å². The molecule has 2 heterocycles. The van der Waals surface area contributed by atoms with Crippen LogP contribution in [0.25, 0.3) is 0 Å². The first-order valence-corrected chi connectivity index (χ1v) is 10.1. The van der Waals surface area contributed by atoms with E-state index in [4.69, 9.17) is 14.2 Å². The van der Waals surface area contributed by atoms with Gasteiger partial charge in [-0.1, -0.05) is 19.9 Å². The highest BCUT2D eigenvalue weighted by atomic mass is 16.6. The van der Waals surface area contributed by atoms with Gasteiger partial charge < -0.3 is 19.5 Å². The Morgan fingerprint density at radius 2 is 1.93 bits per heavy atom. The summed E-state index contributed by atoms with van der Waals surface area (Å²) in [6.07, 6.45) is 1.20. The molecule has 1 aromatic rings. The van der Waals surface area contributed by atoms with Gasteiger partial charge in [0.25, 0.3) is 0 Å². The van der Waals surface area contributed by atoms with Gasteiger partial charge in [-0.25, -0.2) is 4.79 Å². The lowest BCUT2D eigenvalue weighted by molar-refractivity contribution is -0.138. The quantitative estimate of drug-likeness (QED) is 0.786. The fourth-order valence-electron chi connectivity index (χ4n) is 4.49. The molecule has 1 aromatic carbocycles. The van der Waals surface area contributed by atoms with Crippen LogP contribution in [0.3, 0.4) is 0 Å². The standard InChI is InChI=1S/C23H27NO5/c1-5-27-22(26)19-13(2)24-15-11-23(3,4)12-16(25)21(15)20(19)14-6-7-17-18(10-14)29-9-8-28-17/h6-7,10,20,24H,5,8-9,11-12H2,1-4H3. The minimum atomic E-state index is -0.482. The Kier molecular flexibility index (Phi) is 4.89. The number of dihydropyridines is 1. The Labute approximate surface area is 170 Å². The topological polar surface area (TPSA) is 73.9 Å². The summed E-state index contributed by atoms with van der Waals surface area (Å²) >= 11 is 0. The van der Waals surface area contributed by atoms with Crippen LogP contribution in [0, 0.1) is 5.41 Å². The summed E-state index contributed by atoms with van der Waals surface area (Å²) in [7, 11) is 0. The van der Waals surface area contributed by atoms with E-state index in [1.54, 1.807) is 6.92 Å². The van der Waals surface area contributed by atoms with Crippen molar-refractivity contribution < 1.29 is 23.8 Å². The summed E-state index contributed by atoms with van der Waals surface area (Å²) < 4.78 is 16.7. The lowest BCUT2D eigenvalue weighted by Crippen LogP contribution is -2.38. The number of allylic oxidation sites excluding steroid dienone is 3.